The molecule has 0 aliphatic carbocycles. The summed E-state index contributed by atoms with van der Waals surface area (Å²) in [6.45, 7) is 1.41. The van der Waals surface area contributed by atoms with Gasteiger partial charge in [-0.15, -0.1) is 21.5 Å². The zero-order chi connectivity index (χ0) is 17.9. The van der Waals surface area contributed by atoms with Gasteiger partial charge in [0, 0.05) is 38.0 Å². The van der Waals surface area contributed by atoms with Crippen LogP contribution in [-0.2, 0) is 4.79 Å². The van der Waals surface area contributed by atoms with Gasteiger partial charge in [-0.2, -0.15) is 0 Å². The average molecular weight is 368 g/mol. The Morgan fingerprint density at radius 2 is 1.92 bits per heavy atom. The molecule has 0 spiro atoms. The van der Waals surface area contributed by atoms with Gasteiger partial charge in [0.05, 0.1) is 4.88 Å². The molecule has 3 aromatic heterocycles. The summed E-state index contributed by atoms with van der Waals surface area (Å²) in [5.41, 5.74) is 0.855. The maximum absolute atomic E-state index is 12.4. The molecule has 0 saturated carbocycles. The molecule has 1 aliphatic rings. The van der Waals surface area contributed by atoms with Crippen molar-refractivity contribution < 1.29 is 9.59 Å². The van der Waals surface area contributed by atoms with E-state index in [4.69, 9.17) is 0 Å². The third kappa shape index (κ3) is 3.39. The minimum atomic E-state index is 0.0539. The van der Waals surface area contributed by atoms with Gasteiger partial charge < -0.3 is 4.90 Å². The molecule has 7 heteroatoms. The molecule has 0 radical (unpaired) electrons. The number of pyridine rings is 1. The van der Waals surface area contributed by atoms with Gasteiger partial charge in [-0.3, -0.25) is 14.0 Å². The Bertz CT molecular complexity index is 911. The largest absolute Gasteiger partial charge is 0.343 e. The van der Waals surface area contributed by atoms with Gasteiger partial charge in [-0.05, 0) is 36.4 Å². The van der Waals surface area contributed by atoms with E-state index in [-0.39, 0.29) is 24.5 Å². The number of carbonyl (C=O) groups is 2. The lowest BCUT2D eigenvalue weighted by molar-refractivity contribution is -0.132. The number of aromatic nitrogens is 3. The lowest BCUT2D eigenvalue weighted by Crippen LogP contribution is -2.38. The van der Waals surface area contributed by atoms with E-state index in [1.165, 1.54) is 11.3 Å². The monoisotopic (exact) mass is 368 g/mol. The number of hydrogen-bond acceptors (Lipinski definition) is 5. The summed E-state index contributed by atoms with van der Waals surface area (Å²) < 4.78 is 2.03. The van der Waals surface area contributed by atoms with Gasteiger partial charge >= 0.3 is 0 Å². The number of likely N-dealkylation sites (tertiary alicyclic amines) is 1. The van der Waals surface area contributed by atoms with Crippen molar-refractivity contribution in [1.82, 2.24) is 19.5 Å². The summed E-state index contributed by atoms with van der Waals surface area (Å²) in [4.78, 5) is 27.1. The van der Waals surface area contributed by atoms with Crippen LogP contribution in [0.1, 0.15) is 47.1 Å². The highest BCUT2D eigenvalue weighted by Gasteiger charge is 2.27. The van der Waals surface area contributed by atoms with Gasteiger partial charge in [0.1, 0.15) is 5.82 Å². The van der Waals surface area contributed by atoms with Crippen LogP contribution in [0.4, 0.5) is 0 Å². The number of thiophene rings is 1. The smallest absolute Gasteiger partial charge is 0.223 e. The van der Waals surface area contributed by atoms with Crippen LogP contribution in [0.3, 0.4) is 0 Å². The van der Waals surface area contributed by atoms with Crippen LogP contribution in [0.2, 0.25) is 0 Å². The summed E-state index contributed by atoms with van der Waals surface area (Å²) in [6, 6.07) is 9.54. The summed E-state index contributed by atoms with van der Waals surface area (Å²) in [5, 5.41) is 10.4. The number of fused-ring (bicyclic) bond motifs is 1. The Labute approximate surface area is 155 Å². The second-order valence-corrected chi connectivity index (χ2v) is 7.49. The van der Waals surface area contributed by atoms with Crippen molar-refractivity contribution >= 4 is 28.7 Å². The molecule has 134 valence electrons. The second-order valence-electron chi connectivity index (χ2n) is 6.54. The molecule has 1 amide bonds. The molecule has 4 rings (SSSR count). The van der Waals surface area contributed by atoms with Crippen LogP contribution in [0.25, 0.3) is 5.65 Å². The highest BCUT2D eigenvalue weighted by molar-refractivity contribution is 7.12. The van der Waals surface area contributed by atoms with E-state index in [1.807, 2.05) is 51.2 Å². The van der Waals surface area contributed by atoms with Crippen LogP contribution in [0, 0.1) is 0 Å². The second kappa shape index (κ2) is 7.37. The molecule has 3 aromatic rings. The predicted octanol–water partition coefficient (Wildman–Crippen LogP) is 3.16. The molecule has 0 bridgehead atoms. The van der Waals surface area contributed by atoms with Crippen LogP contribution in [-0.4, -0.2) is 44.3 Å². The summed E-state index contributed by atoms with van der Waals surface area (Å²) in [7, 11) is 0. The first-order chi connectivity index (χ1) is 12.7. The number of piperidine rings is 1. The molecule has 0 N–H and O–H groups in total. The van der Waals surface area contributed by atoms with Gasteiger partial charge in [0.15, 0.2) is 11.4 Å². The van der Waals surface area contributed by atoms with E-state index in [2.05, 4.69) is 10.2 Å². The van der Waals surface area contributed by atoms with Gasteiger partial charge in [0.2, 0.25) is 5.91 Å². The predicted molar refractivity (Wildman–Crippen MR) is 99.4 cm³/mol. The van der Waals surface area contributed by atoms with E-state index >= 15 is 0 Å². The minimum absolute atomic E-state index is 0.0539. The van der Waals surface area contributed by atoms with Crippen molar-refractivity contribution in [2.45, 2.75) is 31.6 Å². The molecule has 1 fully saturated rings. The fourth-order valence-corrected chi connectivity index (χ4v) is 4.16. The first kappa shape index (κ1) is 16.9. The first-order valence-electron chi connectivity index (χ1n) is 8.86. The van der Waals surface area contributed by atoms with Crippen molar-refractivity contribution in [1.29, 1.82) is 0 Å². The molecule has 4 heterocycles. The number of Topliss-reactive ketones (excluding diaryl/α,β-unsaturated/α-hetero) is 1. The third-order valence-electron chi connectivity index (χ3n) is 4.91. The minimum Gasteiger partial charge on any atom is -0.343 e. The lowest BCUT2D eigenvalue weighted by atomic mass is 9.95. The van der Waals surface area contributed by atoms with Crippen LogP contribution >= 0.6 is 11.3 Å². The molecule has 1 aliphatic heterocycles. The highest BCUT2D eigenvalue weighted by atomic mass is 32.1. The van der Waals surface area contributed by atoms with Crippen molar-refractivity contribution in [2.75, 3.05) is 13.1 Å². The molecular weight excluding hydrogens is 348 g/mol. The van der Waals surface area contributed by atoms with Gasteiger partial charge in [0.25, 0.3) is 0 Å². The average Bonchev–Trinajstić information content (AvgIpc) is 3.36. The van der Waals surface area contributed by atoms with Crippen LogP contribution in [0.5, 0.6) is 0 Å². The van der Waals surface area contributed by atoms with E-state index in [0.717, 1.165) is 29.2 Å². The Morgan fingerprint density at radius 3 is 2.69 bits per heavy atom. The lowest BCUT2D eigenvalue weighted by Gasteiger charge is -2.31. The number of hydrogen-bond donors (Lipinski definition) is 0. The zero-order valence-electron chi connectivity index (χ0n) is 14.4. The zero-order valence-corrected chi connectivity index (χ0v) is 15.2. The third-order valence-corrected chi connectivity index (χ3v) is 5.83. The number of ketones is 1. The Balaban J connectivity index is 1.32. The van der Waals surface area contributed by atoms with Crippen LogP contribution in [0.15, 0.2) is 41.9 Å². The van der Waals surface area contributed by atoms with E-state index in [0.29, 0.717) is 19.0 Å². The van der Waals surface area contributed by atoms with Crippen molar-refractivity contribution in [3.63, 3.8) is 0 Å². The Morgan fingerprint density at radius 1 is 1.08 bits per heavy atom. The molecule has 0 unspecified atom stereocenters. The fraction of sp³-hybridized carbons (Fsp3) is 0.368. The summed E-state index contributed by atoms with van der Waals surface area (Å²) in [5.74, 6) is 1.40. The molecular formula is C19H20N4O2S. The summed E-state index contributed by atoms with van der Waals surface area (Å²) >= 11 is 1.43. The van der Waals surface area contributed by atoms with E-state index in [9.17, 15) is 9.59 Å². The Hall–Kier alpha value is -2.54. The van der Waals surface area contributed by atoms with E-state index < -0.39 is 0 Å². The number of carbonyl (C=O) groups excluding carboxylic acids is 2. The van der Waals surface area contributed by atoms with Crippen molar-refractivity contribution in [3.8, 4) is 0 Å². The quantitative estimate of drug-likeness (QED) is 0.649. The molecule has 1 saturated heterocycles. The number of nitrogens with zero attached hydrogens (tertiary/aromatic N) is 4. The van der Waals surface area contributed by atoms with Gasteiger partial charge in [-0.25, -0.2) is 0 Å². The normalized spacial score (nSPS) is 15.5. The van der Waals surface area contributed by atoms with Crippen molar-refractivity contribution in [2.24, 2.45) is 0 Å². The van der Waals surface area contributed by atoms with E-state index in [1.54, 1.807) is 0 Å². The first-order valence-corrected chi connectivity index (χ1v) is 9.74. The molecule has 0 atom stereocenters. The van der Waals surface area contributed by atoms with Crippen molar-refractivity contribution in [3.05, 3.63) is 52.6 Å². The molecule has 6 nitrogen and oxygen atoms in total. The highest BCUT2D eigenvalue weighted by Crippen LogP contribution is 2.27. The number of amides is 1. The maximum atomic E-state index is 12.4. The molecule has 0 aromatic carbocycles. The maximum Gasteiger partial charge on any atom is 0.223 e. The fourth-order valence-electron chi connectivity index (χ4n) is 3.46. The molecule has 26 heavy (non-hydrogen) atoms. The topological polar surface area (TPSA) is 67.6 Å². The Kier molecular flexibility index (Phi) is 4.79. The SMILES string of the molecule is O=C(CCC(=O)N1CCC(c2nnc3ccccn23)CC1)c1cccs1. The van der Waals surface area contributed by atoms with Gasteiger partial charge in [-0.1, -0.05) is 12.1 Å². The summed E-state index contributed by atoms with van der Waals surface area (Å²) in [6.07, 6.45) is 4.31. The standard InChI is InChI=1S/C19H20N4O2S/c24-15(16-4-3-13-26-16)6-7-18(25)22-11-8-14(9-12-22)19-21-20-17-5-1-2-10-23(17)19/h1-5,10,13-14H,6-9,11-12H2. The van der Waals surface area contributed by atoms with Crippen LogP contribution < -0.4 is 0 Å². The number of rotatable bonds is 5.